The van der Waals surface area contributed by atoms with Crippen LogP contribution in [-0.4, -0.2) is 29.7 Å². The van der Waals surface area contributed by atoms with Crippen LogP contribution in [0.3, 0.4) is 0 Å². The smallest absolute Gasteiger partial charge is 0.119 e. The van der Waals surface area contributed by atoms with Gasteiger partial charge < -0.3 is 20.3 Å². The summed E-state index contributed by atoms with van der Waals surface area (Å²) in [7, 11) is 0. The molecule has 1 unspecified atom stereocenters. The fourth-order valence-electron chi connectivity index (χ4n) is 3.81. The molecule has 0 aliphatic carbocycles. The topological polar surface area (TPSA) is 68.0 Å². The summed E-state index contributed by atoms with van der Waals surface area (Å²) < 4.78 is 11.8. The van der Waals surface area contributed by atoms with Crippen molar-refractivity contribution in [1.82, 2.24) is 4.90 Å². The van der Waals surface area contributed by atoms with Crippen molar-refractivity contribution in [3.63, 3.8) is 0 Å². The van der Waals surface area contributed by atoms with E-state index < -0.39 is 6.10 Å². The third kappa shape index (κ3) is 7.88. The van der Waals surface area contributed by atoms with E-state index in [1.807, 2.05) is 97.1 Å². The highest BCUT2D eigenvalue weighted by Gasteiger charge is 2.15. The van der Waals surface area contributed by atoms with Gasteiger partial charge >= 0.3 is 0 Å². The molecule has 4 rings (SSSR count). The molecule has 0 saturated heterocycles. The van der Waals surface area contributed by atoms with Crippen LogP contribution in [0, 0.1) is 0 Å². The first-order chi connectivity index (χ1) is 17.2. The van der Waals surface area contributed by atoms with E-state index in [1.165, 1.54) is 5.56 Å². The lowest BCUT2D eigenvalue weighted by Crippen LogP contribution is -2.32. The molecule has 0 bridgehead atoms. The summed E-state index contributed by atoms with van der Waals surface area (Å²) >= 11 is 0. The van der Waals surface area contributed by atoms with Crippen molar-refractivity contribution in [1.29, 1.82) is 0 Å². The second kappa shape index (κ2) is 12.6. The minimum absolute atomic E-state index is 0.490. The summed E-state index contributed by atoms with van der Waals surface area (Å²) in [5.74, 6) is 1.56. The Bertz CT molecular complexity index is 1130. The molecule has 1 atom stereocenters. The molecule has 0 radical (unpaired) electrons. The quantitative estimate of drug-likeness (QED) is 0.270. The second-order valence-electron chi connectivity index (χ2n) is 8.50. The monoisotopic (exact) mass is 468 g/mol. The van der Waals surface area contributed by atoms with E-state index in [-0.39, 0.29) is 0 Å². The zero-order valence-electron chi connectivity index (χ0n) is 19.8. The molecule has 0 aliphatic rings. The summed E-state index contributed by atoms with van der Waals surface area (Å²) in [6, 6.07) is 35.4. The molecule has 4 aromatic carbocycles. The van der Waals surface area contributed by atoms with Crippen molar-refractivity contribution >= 4 is 5.69 Å². The Balaban J connectivity index is 1.34. The lowest BCUT2D eigenvalue weighted by molar-refractivity contribution is 0.0985. The van der Waals surface area contributed by atoms with E-state index in [2.05, 4.69) is 17.0 Å². The number of rotatable bonds is 12. The van der Waals surface area contributed by atoms with Crippen molar-refractivity contribution in [2.24, 2.45) is 0 Å². The SMILES string of the molecule is Nc1ccc(OCCN(Cc2ccccc2)CC(O)c2ccc(OCc3ccccc3)cc2)cc1. The van der Waals surface area contributed by atoms with Crippen LogP contribution in [0.5, 0.6) is 11.5 Å². The molecule has 0 heterocycles. The number of nitrogens with two attached hydrogens (primary N) is 1. The maximum absolute atomic E-state index is 11.0. The Labute approximate surface area is 207 Å². The van der Waals surface area contributed by atoms with Gasteiger partial charge in [-0.1, -0.05) is 72.8 Å². The zero-order chi connectivity index (χ0) is 24.3. The highest BCUT2D eigenvalue weighted by Crippen LogP contribution is 2.21. The Hall–Kier alpha value is -3.80. The van der Waals surface area contributed by atoms with Gasteiger partial charge in [-0.25, -0.2) is 0 Å². The molecule has 0 spiro atoms. The Morgan fingerprint density at radius 2 is 1.26 bits per heavy atom. The number of nitrogen functional groups attached to an aromatic ring is 1. The lowest BCUT2D eigenvalue weighted by Gasteiger charge is -2.25. The zero-order valence-corrected chi connectivity index (χ0v) is 19.8. The number of aliphatic hydroxyl groups excluding tert-OH is 1. The molecule has 5 nitrogen and oxygen atoms in total. The fraction of sp³-hybridized carbons (Fsp3) is 0.200. The number of hydrogen-bond acceptors (Lipinski definition) is 5. The van der Waals surface area contributed by atoms with Gasteiger partial charge in [-0.2, -0.15) is 0 Å². The van der Waals surface area contributed by atoms with Crippen LogP contribution in [0.25, 0.3) is 0 Å². The van der Waals surface area contributed by atoms with E-state index in [4.69, 9.17) is 15.2 Å². The van der Waals surface area contributed by atoms with Gasteiger partial charge in [0, 0.05) is 25.3 Å². The predicted octanol–water partition coefficient (Wildman–Crippen LogP) is 5.46. The number of ether oxygens (including phenoxy) is 2. The molecule has 180 valence electrons. The lowest BCUT2D eigenvalue weighted by atomic mass is 10.1. The van der Waals surface area contributed by atoms with Crippen LogP contribution in [0.2, 0.25) is 0 Å². The first kappa shape index (κ1) is 24.3. The molecular formula is C30H32N2O3. The van der Waals surface area contributed by atoms with E-state index in [0.29, 0.717) is 32.0 Å². The normalized spacial score (nSPS) is 11.8. The molecular weight excluding hydrogens is 436 g/mol. The van der Waals surface area contributed by atoms with E-state index in [1.54, 1.807) is 0 Å². The molecule has 0 saturated carbocycles. The van der Waals surface area contributed by atoms with Crippen molar-refractivity contribution in [2.75, 3.05) is 25.4 Å². The van der Waals surface area contributed by atoms with Crippen LogP contribution < -0.4 is 15.2 Å². The number of anilines is 1. The molecule has 0 amide bonds. The molecule has 5 heteroatoms. The number of benzene rings is 4. The van der Waals surface area contributed by atoms with E-state index in [9.17, 15) is 5.11 Å². The van der Waals surface area contributed by atoms with Gasteiger partial charge in [-0.15, -0.1) is 0 Å². The molecule has 0 fully saturated rings. The second-order valence-corrected chi connectivity index (χ2v) is 8.50. The minimum atomic E-state index is -0.626. The van der Waals surface area contributed by atoms with E-state index >= 15 is 0 Å². The summed E-state index contributed by atoms with van der Waals surface area (Å²) in [6.45, 7) is 2.91. The van der Waals surface area contributed by atoms with Gasteiger partial charge in [-0.05, 0) is 53.1 Å². The molecule has 35 heavy (non-hydrogen) atoms. The van der Waals surface area contributed by atoms with Gasteiger partial charge in [0.2, 0.25) is 0 Å². The molecule has 4 aromatic rings. The first-order valence-corrected chi connectivity index (χ1v) is 11.8. The third-order valence-electron chi connectivity index (χ3n) is 5.75. The summed E-state index contributed by atoms with van der Waals surface area (Å²) in [5.41, 5.74) is 9.63. The van der Waals surface area contributed by atoms with Crippen molar-refractivity contribution in [2.45, 2.75) is 19.3 Å². The van der Waals surface area contributed by atoms with E-state index in [0.717, 1.165) is 29.2 Å². The Kier molecular flexibility index (Phi) is 8.76. The van der Waals surface area contributed by atoms with Gasteiger partial charge in [-0.3, -0.25) is 4.90 Å². The minimum Gasteiger partial charge on any atom is -0.492 e. The molecule has 0 aliphatic heterocycles. The average Bonchev–Trinajstić information content (AvgIpc) is 2.90. The number of nitrogens with zero attached hydrogens (tertiary/aromatic N) is 1. The maximum Gasteiger partial charge on any atom is 0.119 e. The first-order valence-electron chi connectivity index (χ1n) is 11.8. The maximum atomic E-state index is 11.0. The van der Waals surface area contributed by atoms with Gasteiger partial charge in [0.05, 0.1) is 6.10 Å². The third-order valence-corrected chi connectivity index (χ3v) is 5.75. The van der Waals surface area contributed by atoms with Crippen LogP contribution in [0.1, 0.15) is 22.8 Å². The van der Waals surface area contributed by atoms with Gasteiger partial charge in [0.25, 0.3) is 0 Å². The van der Waals surface area contributed by atoms with Crippen molar-refractivity contribution in [3.8, 4) is 11.5 Å². The predicted molar refractivity (Wildman–Crippen MR) is 140 cm³/mol. The number of hydrogen-bond donors (Lipinski definition) is 2. The highest BCUT2D eigenvalue weighted by atomic mass is 16.5. The molecule has 0 aromatic heterocycles. The van der Waals surface area contributed by atoms with Crippen LogP contribution in [0.15, 0.2) is 109 Å². The Morgan fingerprint density at radius 3 is 1.91 bits per heavy atom. The standard InChI is InChI=1S/C30H32N2O3/c31-27-13-17-28(18-14-27)34-20-19-32(21-24-7-3-1-4-8-24)22-30(33)26-11-15-29(16-12-26)35-23-25-9-5-2-6-10-25/h1-18,30,33H,19-23,31H2. The average molecular weight is 469 g/mol. The summed E-state index contributed by atoms with van der Waals surface area (Å²) in [6.07, 6.45) is -0.626. The fourth-order valence-corrected chi connectivity index (χ4v) is 3.81. The van der Waals surface area contributed by atoms with Crippen LogP contribution >= 0.6 is 0 Å². The molecule has 3 N–H and O–H groups in total. The van der Waals surface area contributed by atoms with Crippen molar-refractivity contribution < 1.29 is 14.6 Å². The summed E-state index contributed by atoms with van der Waals surface area (Å²) in [4.78, 5) is 2.21. The number of aliphatic hydroxyl groups is 1. The summed E-state index contributed by atoms with van der Waals surface area (Å²) in [5, 5.41) is 11.0. The van der Waals surface area contributed by atoms with Gasteiger partial charge in [0.1, 0.15) is 24.7 Å². The Morgan fingerprint density at radius 1 is 0.686 bits per heavy atom. The largest absolute Gasteiger partial charge is 0.492 e. The van der Waals surface area contributed by atoms with Crippen LogP contribution in [0.4, 0.5) is 5.69 Å². The van der Waals surface area contributed by atoms with Gasteiger partial charge in [0.15, 0.2) is 0 Å². The van der Waals surface area contributed by atoms with Crippen LogP contribution in [-0.2, 0) is 13.2 Å². The highest BCUT2D eigenvalue weighted by molar-refractivity contribution is 5.41. The van der Waals surface area contributed by atoms with Crippen molar-refractivity contribution in [3.05, 3.63) is 126 Å².